The summed E-state index contributed by atoms with van der Waals surface area (Å²) in [7, 11) is 0. The molecule has 0 bridgehead atoms. The van der Waals surface area contributed by atoms with Crippen molar-refractivity contribution >= 4 is 23.2 Å². The third-order valence-corrected chi connectivity index (χ3v) is 5.69. The van der Waals surface area contributed by atoms with Gasteiger partial charge >= 0.3 is 5.69 Å². The van der Waals surface area contributed by atoms with E-state index in [0.717, 1.165) is 4.57 Å². The summed E-state index contributed by atoms with van der Waals surface area (Å²) in [6.07, 6.45) is 0.129. The number of halogens is 1. The van der Waals surface area contributed by atoms with Crippen LogP contribution in [0.5, 0.6) is 17.4 Å². The molecule has 5 rings (SSSR count). The van der Waals surface area contributed by atoms with Crippen molar-refractivity contribution in [2.75, 3.05) is 6.79 Å². The largest absolute Gasteiger partial charge is 0.493 e. The first-order chi connectivity index (χ1) is 15.8. The van der Waals surface area contributed by atoms with Gasteiger partial charge in [-0.3, -0.25) is 14.6 Å². The third-order valence-electron chi connectivity index (χ3n) is 5.46. The van der Waals surface area contributed by atoms with Crippen LogP contribution in [0.2, 0.25) is 5.02 Å². The Kier molecular flexibility index (Phi) is 4.94. The Morgan fingerprint density at radius 1 is 1.18 bits per heavy atom. The van der Waals surface area contributed by atoms with Crippen LogP contribution in [-0.2, 0) is 4.79 Å². The normalized spacial score (nSPS) is 16.7. The summed E-state index contributed by atoms with van der Waals surface area (Å²) in [5, 5.41) is 16.8. The van der Waals surface area contributed by atoms with Crippen LogP contribution in [-0.4, -0.2) is 38.1 Å². The van der Waals surface area contributed by atoms with Gasteiger partial charge in [0.15, 0.2) is 11.5 Å². The maximum absolute atomic E-state index is 12.7. The van der Waals surface area contributed by atoms with Crippen molar-refractivity contribution in [3.63, 3.8) is 0 Å². The van der Waals surface area contributed by atoms with Crippen molar-refractivity contribution in [1.29, 1.82) is 0 Å². The SMILES string of the molecule is CC(=O)N1N=C(c2c(O)n(-c3cccc(Cl)c3)c(=O)[nH]c2=O)C[C@@H]1c1ccc2c(c1)OCO2. The molecule has 0 radical (unpaired) electrons. The maximum Gasteiger partial charge on any atom is 0.335 e. The zero-order valence-corrected chi connectivity index (χ0v) is 18.0. The lowest BCUT2D eigenvalue weighted by Crippen LogP contribution is -2.33. The fourth-order valence-electron chi connectivity index (χ4n) is 3.97. The smallest absolute Gasteiger partial charge is 0.335 e. The number of nitrogens with zero attached hydrogens (tertiary/aromatic N) is 3. The zero-order chi connectivity index (χ0) is 23.3. The van der Waals surface area contributed by atoms with Crippen LogP contribution >= 0.6 is 11.6 Å². The second kappa shape index (κ2) is 7.82. The summed E-state index contributed by atoms with van der Waals surface area (Å²) in [5.41, 5.74) is -0.724. The number of hydrogen-bond acceptors (Lipinski definition) is 7. The van der Waals surface area contributed by atoms with Gasteiger partial charge in [0.2, 0.25) is 18.6 Å². The first kappa shape index (κ1) is 20.8. The molecule has 1 amide bonds. The van der Waals surface area contributed by atoms with Gasteiger partial charge in [0.25, 0.3) is 5.56 Å². The number of carbonyl (C=O) groups is 1. The van der Waals surface area contributed by atoms with E-state index in [1.807, 2.05) is 0 Å². The number of aromatic amines is 1. The van der Waals surface area contributed by atoms with Crippen molar-refractivity contribution in [3.8, 4) is 23.1 Å². The lowest BCUT2D eigenvalue weighted by atomic mass is 9.98. The van der Waals surface area contributed by atoms with Crippen molar-refractivity contribution < 1.29 is 19.4 Å². The number of nitrogens with one attached hydrogen (secondary N) is 1. The standard InChI is InChI=1S/C22H17ClN4O6/c1-11(28)27-16(12-5-6-17-18(7-12)33-10-32-17)9-15(25-27)19-20(29)24-22(31)26(21(19)30)14-4-2-3-13(23)8-14/h2-8,16,30H,9-10H2,1H3,(H,24,29,31)/t16-/m1/s1. The van der Waals surface area contributed by atoms with Crippen LogP contribution in [0.3, 0.4) is 0 Å². The first-order valence-electron chi connectivity index (χ1n) is 9.95. The molecule has 2 aliphatic heterocycles. The van der Waals surface area contributed by atoms with E-state index in [4.69, 9.17) is 21.1 Å². The summed E-state index contributed by atoms with van der Waals surface area (Å²) in [6.45, 7) is 1.46. The van der Waals surface area contributed by atoms with E-state index >= 15 is 0 Å². The molecule has 168 valence electrons. The van der Waals surface area contributed by atoms with Gasteiger partial charge in [-0.2, -0.15) is 5.10 Å². The highest BCUT2D eigenvalue weighted by Crippen LogP contribution is 2.39. The van der Waals surface area contributed by atoms with E-state index in [1.54, 1.807) is 36.4 Å². The second-order valence-electron chi connectivity index (χ2n) is 7.52. The molecule has 3 aromatic rings. The van der Waals surface area contributed by atoms with E-state index in [-0.39, 0.29) is 36.1 Å². The minimum absolute atomic E-state index is 0.107. The molecule has 0 saturated carbocycles. The number of aromatic nitrogens is 2. The van der Waals surface area contributed by atoms with Gasteiger partial charge in [0.05, 0.1) is 17.4 Å². The molecule has 0 unspecified atom stereocenters. The Bertz CT molecular complexity index is 1440. The van der Waals surface area contributed by atoms with Gasteiger partial charge in [0.1, 0.15) is 5.56 Å². The van der Waals surface area contributed by atoms with Gasteiger partial charge in [-0.25, -0.2) is 14.4 Å². The van der Waals surface area contributed by atoms with E-state index in [0.29, 0.717) is 22.1 Å². The number of fused-ring (bicyclic) bond motifs is 1. The topological polar surface area (TPSA) is 126 Å². The van der Waals surface area contributed by atoms with Gasteiger partial charge in [-0.05, 0) is 35.9 Å². The Morgan fingerprint density at radius 2 is 1.97 bits per heavy atom. The molecule has 0 saturated heterocycles. The molecule has 0 fully saturated rings. The van der Waals surface area contributed by atoms with Gasteiger partial charge < -0.3 is 14.6 Å². The first-order valence-corrected chi connectivity index (χ1v) is 10.3. The minimum Gasteiger partial charge on any atom is -0.493 e. The van der Waals surface area contributed by atoms with E-state index in [1.165, 1.54) is 18.0 Å². The molecule has 10 nitrogen and oxygen atoms in total. The molecule has 11 heteroatoms. The summed E-state index contributed by atoms with van der Waals surface area (Å²) in [5.74, 6) is 0.181. The third kappa shape index (κ3) is 3.54. The number of ether oxygens (including phenoxy) is 2. The van der Waals surface area contributed by atoms with Crippen molar-refractivity contribution in [2.45, 2.75) is 19.4 Å². The average molecular weight is 469 g/mol. The molecule has 1 aromatic heterocycles. The van der Waals surface area contributed by atoms with Crippen LogP contribution in [0.15, 0.2) is 57.2 Å². The Hall–Kier alpha value is -4.05. The summed E-state index contributed by atoms with van der Waals surface area (Å²) >= 11 is 6.02. The van der Waals surface area contributed by atoms with Crippen LogP contribution in [0.1, 0.15) is 30.5 Å². The molecule has 2 N–H and O–H groups in total. The number of H-pyrrole nitrogens is 1. The number of hydrogen-bond donors (Lipinski definition) is 2. The average Bonchev–Trinajstić information content (AvgIpc) is 3.40. The molecule has 1 atom stereocenters. The van der Waals surface area contributed by atoms with Crippen LogP contribution < -0.4 is 20.7 Å². The number of amides is 1. The van der Waals surface area contributed by atoms with Crippen molar-refractivity contribution in [1.82, 2.24) is 14.6 Å². The number of carbonyl (C=O) groups excluding carboxylic acids is 1. The molecule has 0 aliphatic carbocycles. The van der Waals surface area contributed by atoms with Crippen molar-refractivity contribution in [2.24, 2.45) is 5.10 Å². The fourth-order valence-corrected chi connectivity index (χ4v) is 4.16. The van der Waals surface area contributed by atoms with E-state index in [2.05, 4.69) is 10.1 Å². The Morgan fingerprint density at radius 3 is 2.73 bits per heavy atom. The summed E-state index contributed by atoms with van der Waals surface area (Å²) in [6, 6.07) is 11.0. The predicted molar refractivity (Wildman–Crippen MR) is 118 cm³/mol. The van der Waals surface area contributed by atoms with E-state index in [9.17, 15) is 19.5 Å². The highest BCUT2D eigenvalue weighted by atomic mass is 35.5. The van der Waals surface area contributed by atoms with Crippen LogP contribution in [0.25, 0.3) is 5.69 Å². The molecular weight excluding hydrogens is 452 g/mol. The molecule has 0 spiro atoms. The van der Waals surface area contributed by atoms with Gasteiger partial charge in [-0.1, -0.05) is 23.7 Å². The summed E-state index contributed by atoms with van der Waals surface area (Å²) < 4.78 is 11.7. The molecule has 2 aliphatic rings. The quantitative estimate of drug-likeness (QED) is 0.607. The molecule has 3 heterocycles. The zero-order valence-electron chi connectivity index (χ0n) is 17.2. The maximum atomic E-state index is 12.7. The van der Waals surface area contributed by atoms with Gasteiger partial charge in [0, 0.05) is 18.4 Å². The van der Waals surface area contributed by atoms with Crippen molar-refractivity contribution in [3.05, 3.63) is 79.5 Å². The predicted octanol–water partition coefficient (Wildman–Crippen LogP) is 2.31. The van der Waals surface area contributed by atoms with E-state index < -0.39 is 23.2 Å². The highest BCUT2D eigenvalue weighted by Gasteiger charge is 2.35. The summed E-state index contributed by atoms with van der Waals surface area (Å²) in [4.78, 5) is 39.7. The second-order valence-corrected chi connectivity index (χ2v) is 7.95. The highest BCUT2D eigenvalue weighted by molar-refractivity contribution is 6.30. The van der Waals surface area contributed by atoms with Gasteiger partial charge in [-0.15, -0.1) is 0 Å². The Labute approximate surface area is 191 Å². The lowest BCUT2D eigenvalue weighted by molar-refractivity contribution is -0.130. The molecule has 33 heavy (non-hydrogen) atoms. The minimum atomic E-state index is -0.835. The van der Waals surface area contributed by atoms with Crippen LogP contribution in [0, 0.1) is 0 Å². The van der Waals surface area contributed by atoms with Crippen LogP contribution in [0.4, 0.5) is 0 Å². The number of benzene rings is 2. The number of rotatable bonds is 3. The number of aromatic hydroxyl groups is 1. The number of hydrazone groups is 1. The lowest BCUT2D eigenvalue weighted by Gasteiger charge is -2.20. The monoisotopic (exact) mass is 468 g/mol. The molecular formula is C22H17ClN4O6. The Balaban J connectivity index is 1.60. The fraction of sp³-hybridized carbons (Fsp3) is 0.182. The molecule has 2 aromatic carbocycles.